The number of fused-ring (bicyclic) bond motifs is 1. The lowest BCUT2D eigenvalue weighted by Gasteiger charge is -2.27. The van der Waals surface area contributed by atoms with Crippen LogP contribution in [0.2, 0.25) is 0 Å². The molecule has 178 valence electrons. The lowest BCUT2D eigenvalue weighted by Crippen LogP contribution is -2.37. The van der Waals surface area contributed by atoms with Crippen LogP contribution in [0.4, 0.5) is 17.1 Å². The minimum absolute atomic E-state index is 0.0961. The average Bonchev–Trinajstić information content (AvgIpc) is 3.60. The summed E-state index contributed by atoms with van der Waals surface area (Å²) in [5.74, 6) is -1.09. The molecule has 3 atom stereocenters. The number of para-hydroxylation sites is 3. The number of nitro benzene ring substituents is 1. The number of benzene rings is 3. The normalized spacial score (nSPS) is 21.2. The van der Waals surface area contributed by atoms with Crippen LogP contribution in [0.25, 0.3) is 11.3 Å². The Labute approximate surface area is 205 Å². The Balaban J connectivity index is 1.44. The van der Waals surface area contributed by atoms with Crippen LogP contribution in [0.3, 0.4) is 0 Å². The highest BCUT2D eigenvalue weighted by Gasteiger charge is 2.61. The SMILES string of the molecule is O=C1[C@H]2[C@@H](c3ccc(-c4ccccc4[N+](=O)[O-])o3)N(c3ccccc3)O[C@H]2C(=O)N1c1ccccc1. The lowest BCUT2D eigenvalue weighted by atomic mass is 9.94. The molecule has 2 amide bonds. The van der Waals surface area contributed by atoms with Crippen molar-refractivity contribution in [3.8, 4) is 11.3 Å². The van der Waals surface area contributed by atoms with Gasteiger partial charge in [-0.15, -0.1) is 0 Å². The van der Waals surface area contributed by atoms with Gasteiger partial charge < -0.3 is 4.42 Å². The summed E-state index contributed by atoms with van der Waals surface area (Å²) in [7, 11) is 0. The molecule has 2 aliphatic rings. The molecule has 9 nitrogen and oxygen atoms in total. The zero-order valence-electron chi connectivity index (χ0n) is 18.8. The number of hydroxylamine groups is 1. The maximum atomic E-state index is 13.6. The van der Waals surface area contributed by atoms with E-state index in [9.17, 15) is 19.7 Å². The number of nitro groups is 1. The Kier molecular flexibility index (Phi) is 5.12. The Bertz CT molecular complexity index is 1470. The predicted octanol–water partition coefficient (Wildman–Crippen LogP) is 4.91. The fourth-order valence-corrected chi connectivity index (χ4v) is 4.83. The topological polar surface area (TPSA) is 106 Å². The first-order valence-corrected chi connectivity index (χ1v) is 11.3. The molecule has 3 heterocycles. The quantitative estimate of drug-likeness (QED) is 0.227. The molecule has 0 radical (unpaired) electrons. The number of hydrogen-bond acceptors (Lipinski definition) is 7. The van der Waals surface area contributed by atoms with E-state index in [0.29, 0.717) is 22.7 Å². The summed E-state index contributed by atoms with van der Waals surface area (Å²) in [5.41, 5.74) is 1.33. The molecule has 0 spiro atoms. The van der Waals surface area contributed by atoms with Crippen molar-refractivity contribution in [3.63, 3.8) is 0 Å². The van der Waals surface area contributed by atoms with Crippen LogP contribution >= 0.6 is 0 Å². The van der Waals surface area contributed by atoms with Crippen LogP contribution in [0.5, 0.6) is 0 Å². The van der Waals surface area contributed by atoms with E-state index in [4.69, 9.17) is 9.25 Å². The van der Waals surface area contributed by atoms with Crippen molar-refractivity contribution in [2.24, 2.45) is 5.92 Å². The predicted molar refractivity (Wildman–Crippen MR) is 130 cm³/mol. The number of carbonyl (C=O) groups is 2. The summed E-state index contributed by atoms with van der Waals surface area (Å²) < 4.78 is 6.12. The van der Waals surface area contributed by atoms with Crippen LogP contribution in [0.1, 0.15) is 11.8 Å². The van der Waals surface area contributed by atoms with E-state index in [1.54, 1.807) is 60.7 Å². The van der Waals surface area contributed by atoms with E-state index in [1.807, 2.05) is 30.3 Å². The van der Waals surface area contributed by atoms with Gasteiger partial charge >= 0.3 is 0 Å². The molecule has 4 aromatic rings. The van der Waals surface area contributed by atoms with Crippen LogP contribution in [0.15, 0.2) is 101 Å². The standard InChI is InChI=1S/C27H19N3O6/c31-26-23-24(22-16-15-21(35-22)19-13-7-8-14-20(19)30(33)34)29(18-11-5-2-6-12-18)36-25(23)27(32)28(26)17-9-3-1-4-10-17/h1-16,23-25H/t23-,24+,25+/m0/s1. The average molecular weight is 481 g/mol. The number of imide groups is 1. The Morgan fingerprint density at radius 3 is 2.08 bits per heavy atom. The third-order valence-electron chi connectivity index (χ3n) is 6.42. The highest BCUT2D eigenvalue weighted by Crippen LogP contribution is 2.48. The van der Waals surface area contributed by atoms with Gasteiger partial charge in [0.25, 0.3) is 11.6 Å². The van der Waals surface area contributed by atoms with Crippen molar-refractivity contribution in [3.05, 3.63) is 113 Å². The van der Waals surface area contributed by atoms with Gasteiger partial charge in [0.05, 0.1) is 21.9 Å². The van der Waals surface area contributed by atoms with E-state index in [-0.39, 0.29) is 11.4 Å². The first-order chi connectivity index (χ1) is 17.5. The number of rotatable bonds is 5. The molecule has 6 rings (SSSR count). The summed E-state index contributed by atoms with van der Waals surface area (Å²) in [6, 6.07) is 26.6. The fourth-order valence-electron chi connectivity index (χ4n) is 4.83. The number of anilines is 2. The van der Waals surface area contributed by atoms with Crippen LogP contribution in [-0.2, 0) is 14.4 Å². The molecule has 0 bridgehead atoms. The second-order valence-corrected chi connectivity index (χ2v) is 8.48. The fraction of sp³-hybridized carbons (Fsp3) is 0.111. The molecule has 2 saturated heterocycles. The van der Waals surface area contributed by atoms with Crippen molar-refractivity contribution in [1.29, 1.82) is 0 Å². The molecule has 0 saturated carbocycles. The monoisotopic (exact) mass is 481 g/mol. The number of amides is 2. The van der Waals surface area contributed by atoms with Gasteiger partial charge in [0.1, 0.15) is 23.5 Å². The molecule has 9 heteroatoms. The summed E-state index contributed by atoms with van der Waals surface area (Å²) in [6.07, 6.45) is -1.04. The second-order valence-electron chi connectivity index (χ2n) is 8.48. The summed E-state index contributed by atoms with van der Waals surface area (Å²) in [5, 5.41) is 13.1. The van der Waals surface area contributed by atoms with Crippen molar-refractivity contribution < 1.29 is 23.8 Å². The Hall–Kier alpha value is -4.76. The van der Waals surface area contributed by atoms with Crippen molar-refractivity contribution in [2.45, 2.75) is 12.1 Å². The highest BCUT2D eigenvalue weighted by atomic mass is 16.7. The van der Waals surface area contributed by atoms with Crippen LogP contribution in [-0.4, -0.2) is 22.8 Å². The summed E-state index contributed by atoms with van der Waals surface area (Å²) in [4.78, 5) is 45.3. The molecule has 3 aromatic carbocycles. The van der Waals surface area contributed by atoms with Gasteiger partial charge in [-0.1, -0.05) is 48.5 Å². The van der Waals surface area contributed by atoms with E-state index in [1.165, 1.54) is 11.1 Å². The highest BCUT2D eigenvalue weighted by molar-refractivity contribution is 6.23. The molecule has 0 N–H and O–H groups in total. The molecular weight excluding hydrogens is 462 g/mol. The summed E-state index contributed by atoms with van der Waals surface area (Å²) >= 11 is 0. The smallest absolute Gasteiger partial charge is 0.280 e. The van der Waals surface area contributed by atoms with Gasteiger partial charge in [-0.2, -0.15) is 0 Å². The zero-order valence-corrected chi connectivity index (χ0v) is 18.8. The van der Waals surface area contributed by atoms with Gasteiger partial charge in [0.15, 0.2) is 6.10 Å². The number of carbonyl (C=O) groups excluding carboxylic acids is 2. The Morgan fingerprint density at radius 2 is 1.39 bits per heavy atom. The first kappa shape index (κ1) is 21.8. The zero-order chi connectivity index (χ0) is 24.8. The molecule has 36 heavy (non-hydrogen) atoms. The van der Waals surface area contributed by atoms with Gasteiger partial charge in [0.2, 0.25) is 5.91 Å². The van der Waals surface area contributed by atoms with Crippen molar-refractivity contribution in [2.75, 3.05) is 9.96 Å². The number of hydrogen-bond donors (Lipinski definition) is 0. The molecule has 0 unspecified atom stereocenters. The van der Waals surface area contributed by atoms with E-state index >= 15 is 0 Å². The van der Waals surface area contributed by atoms with E-state index in [0.717, 1.165) is 4.90 Å². The minimum atomic E-state index is -1.04. The molecule has 2 aliphatic heterocycles. The maximum Gasteiger partial charge on any atom is 0.280 e. The first-order valence-electron chi connectivity index (χ1n) is 11.3. The molecular formula is C27H19N3O6. The second kappa shape index (κ2) is 8.47. The molecule has 1 aromatic heterocycles. The van der Waals surface area contributed by atoms with Crippen molar-refractivity contribution >= 4 is 28.9 Å². The lowest BCUT2D eigenvalue weighted by molar-refractivity contribution is -0.384. The van der Waals surface area contributed by atoms with Gasteiger partial charge in [-0.25, -0.2) is 9.96 Å². The number of nitrogens with zero attached hydrogens (tertiary/aromatic N) is 3. The Morgan fingerprint density at radius 1 is 0.750 bits per heavy atom. The van der Waals surface area contributed by atoms with Gasteiger partial charge in [-0.05, 0) is 42.5 Å². The minimum Gasteiger partial charge on any atom is -0.458 e. The number of furan rings is 1. The van der Waals surface area contributed by atoms with Gasteiger partial charge in [0, 0.05) is 6.07 Å². The van der Waals surface area contributed by atoms with Gasteiger partial charge in [-0.3, -0.25) is 24.5 Å². The summed E-state index contributed by atoms with van der Waals surface area (Å²) in [6.45, 7) is 0. The van der Waals surface area contributed by atoms with Crippen LogP contribution in [0, 0.1) is 16.0 Å². The molecule has 2 fully saturated rings. The van der Waals surface area contributed by atoms with Crippen molar-refractivity contribution in [1.82, 2.24) is 0 Å². The largest absolute Gasteiger partial charge is 0.458 e. The third kappa shape index (κ3) is 3.37. The van der Waals surface area contributed by atoms with E-state index < -0.39 is 34.8 Å². The molecule has 0 aliphatic carbocycles. The maximum absolute atomic E-state index is 13.6. The third-order valence-corrected chi connectivity index (χ3v) is 6.42. The van der Waals surface area contributed by atoms with E-state index in [2.05, 4.69) is 0 Å². The van der Waals surface area contributed by atoms with Crippen LogP contribution < -0.4 is 9.96 Å².